The lowest BCUT2D eigenvalue weighted by Gasteiger charge is -2.09. The van der Waals surface area contributed by atoms with Gasteiger partial charge in [-0.1, -0.05) is 18.2 Å². The average Bonchev–Trinajstić information content (AvgIpc) is 2.57. The molecule has 3 aromatic rings. The van der Waals surface area contributed by atoms with Gasteiger partial charge in [-0.2, -0.15) is 0 Å². The summed E-state index contributed by atoms with van der Waals surface area (Å²) in [5, 5.41) is 2.81. The van der Waals surface area contributed by atoms with E-state index in [-0.39, 0.29) is 17.2 Å². The number of anilines is 2. The van der Waals surface area contributed by atoms with E-state index in [4.69, 9.17) is 4.74 Å². The number of aryl methyl sites for hydroxylation is 1. The Labute approximate surface area is 138 Å². The van der Waals surface area contributed by atoms with Gasteiger partial charge in [-0.05, 0) is 36.8 Å². The maximum absolute atomic E-state index is 14.0. The molecule has 0 aliphatic heterocycles. The minimum absolute atomic E-state index is 0.170. The fourth-order valence-electron chi connectivity index (χ4n) is 2.30. The van der Waals surface area contributed by atoms with Crippen LogP contribution in [0, 0.1) is 12.7 Å². The molecular formula is C18H16FN3O2. The second-order valence-corrected chi connectivity index (χ2v) is 5.32. The molecule has 2 N–H and O–H groups in total. The van der Waals surface area contributed by atoms with Gasteiger partial charge in [-0.15, -0.1) is 0 Å². The van der Waals surface area contributed by atoms with Crippen molar-refractivity contribution in [3.63, 3.8) is 0 Å². The minimum Gasteiger partial charge on any atom is -0.497 e. The number of methoxy groups -OCH3 is 1. The zero-order valence-electron chi connectivity index (χ0n) is 13.3. The fraction of sp³-hybridized carbons (Fsp3) is 0.111. The third kappa shape index (κ3) is 3.43. The maximum Gasteiger partial charge on any atom is 0.252 e. The monoisotopic (exact) mass is 325 g/mol. The zero-order chi connectivity index (χ0) is 17.1. The van der Waals surface area contributed by atoms with E-state index < -0.39 is 5.82 Å². The molecule has 0 radical (unpaired) electrons. The summed E-state index contributed by atoms with van der Waals surface area (Å²) in [5.74, 6) is 0.418. The largest absolute Gasteiger partial charge is 0.497 e. The summed E-state index contributed by atoms with van der Waals surface area (Å²) in [4.78, 5) is 18.8. The molecule has 6 heteroatoms. The number of aromatic amines is 1. The molecule has 0 aliphatic rings. The number of hydrogen-bond acceptors (Lipinski definition) is 4. The standard InChI is InChI=1S/C18H16FN3O2/c1-11-6-7-15(14(19)8-11)20-18-21-16(10-17(23)22-18)12-4-3-5-13(9-12)24-2/h3-10H,1-2H3,(H2,20,21,22,23). The lowest BCUT2D eigenvalue weighted by Crippen LogP contribution is -2.11. The first kappa shape index (κ1) is 15.7. The van der Waals surface area contributed by atoms with Crippen molar-refractivity contribution in [2.75, 3.05) is 12.4 Å². The quantitative estimate of drug-likeness (QED) is 0.768. The minimum atomic E-state index is -0.413. The molecule has 0 bridgehead atoms. The first-order valence-corrected chi connectivity index (χ1v) is 7.34. The molecule has 3 rings (SSSR count). The molecule has 2 aromatic carbocycles. The van der Waals surface area contributed by atoms with Crippen molar-refractivity contribution in [2.24, 2.45) is 0 Å². The SMILES string of the molecule is COc1cccc(-c2cc(=O)[nH]c(Nc3ccc(C)cc3F)n2)c1. The van der Waals surface area contributed by atoms with Gasteiger partial charge < -0.3 is 10.1 Å². The van der Waals surface area contributed by atoms with Gasteiger partial charge in [0.15, 0.2) is 0 Å². The Bertz CT molecular complexity index is 938. The lowest BCUT2D eigenvalue weighted by atomic mass is 10.1. The molecule has 0 fully saturated rings. The molecule has 0 amide bonds. The summed E-state index contributed by atoms with van der Waals surface area (Å²) in [6.07, 6.45) is 0. The molecule has 0 spiro atoms. The summed E-state index contributed by atoms with van der Waals surface area (Å²) in [6, 6.07) is 13.4. The molecule has 24 heavy (non-hydrogen) atoms. The number of H-pyrrole nitrogens is 1. The van der Waals surface area contributed by atoms with Crippen LogP contribution < -0.4 is 15.6 Å². The van der Waals surface area contributed by atoms with Crippen molar-refractivity contribution in [2.45, 2.75) is 6.92 Å². The number of halogens is 1. The van der Waals surface area contributed by atoms with E-state index in [9.17, 15) is 9.18 Å². The highest BCUT2D eigenvalue weighted by atomic mass is 19.1. The van der Waals surface area contributed by atoms with E-state index in [0.29, 0.717) is 11.4 Å². The first-order chi connectivity index (χ1) is 11.5. The Kier molecular flexibility index (Phi) is 4.29. The van der Waals surface area contributed by atoms with Gasteiger partial charge in [-0.3, -0.25) is 9.78 Å². The van der Waals surface area contributed by atoms with Crippen LogP contribution in [0.4, 0.5) is 16.0 Å². The Hall–Kier alpha value is -3.15. The number of rotatable bonds is 4. The van der Waals surface area contributed by atoms with E-state index >= 15 is 0 Å². The summed E-state index contributed by atoms with van der Waals surface area (Å²) in [6.45, 7) is 1.80. The lowest BCUT2D eigenvalue weighted by molar-refractivity contribution is 0.415. The van der Waals surface area contributed by atoms with Crippen molar-refractivity contribution in [1.82, 2.24) is 9.97 Å². The molecule has 1 heterocycles. The number of benzene rings is 2. The normalized spacial score (nSPS) is 10.5. The Balaban J connectivity index is 1.98. The molecule has 0 saturated carbocycles. The fourth-order valence-corrected chi connectivity index (χ4v) is 2.30. The molecule has 0 atom stereocenters. The molecule has 1 aromatic heterocycles. The van der Waals surface area contributed by atoms with Crippen molar-refractivity contribution < 1.29 is 9.13 Å². The van der Waals surface area contributed by atoms with Crippen molar-refractivity contribution >= 4 is 11.6 Å². The number of nitrogens with zero attached hydrogens (tertiary/aromatic N) is 1. The van der Waals surface area contributed by atoms with Gasteiger partial charge in [0.1, 0.15) is 11.6 Å². The van der Waals surface area contributed by atoms with Gasteiger partial charge >= 0.3 is 0 Å². The smallest absolute Gasteiger partial charge is 0.252 e. The highest BCUT2D eigenvalue weighted by Crippen LogP contribution is 2.23. The maximum atomic E-state index is 14.0. The molecule has 0 aliphatic carbocycles. The van der Waals surface area contributed by atoms with Crippen LogP contribution in [-0.4, -0.2) is 17.1 Å². The average molecular weight is 325 g/mol. The molecular weight excluding hydrogens is 309 g/mol. The molecule has 0 saturated heterocycles. The summed E-state index contributed by atoms with van der Waals surface area (Å²) >= 11 is 0. The van der Waals surface area contributed by atoms with Gasteiger partial charge in [-0.25, -0.2) is 9.37 Å². The Morgan fingerprint density at radius 1 is 1.17 bits per heavy atom. The third-order valence-corrected chi connectivity index (χ3v) is 3.48. The van der Waals surface area contributed by atoms with Gasteiger partial charge in [0.05, 0.1) is 18.5 Å². The summed E-state index contributed by atoms with van der Waals surface area (Å²) in [5.41, 5.74) is 1.91. The molecule has 5 nitrogen and oxygen atoms in total. The van der Waals surface area contributed by atoms with Crippen LogP contribution in [0.2, 0.25) is 0 Å². The second-order valence-electron chi connectivity index (χ2n) is 5.32. The van der Waals surface area contributed by atoms with E-state index in [0.717, 1.165) is 11.1 Å². The van der Waals surface area contributed by atoms with Crippen LogP contribution in [0.25, 0.3) is 11.3 Å². The van der Waals surface area contributed by atoms with Gasteiger partial charge in [0.25, 0.3) is 5.56 Å². The molecule has 0 unspecified atom stereocenters. The van der Waals surface area contributed by atoms with Crippen LogP contribution in [0.5, 0.6) is 5.75 Å². The van der Waals surface area contributed by atoms with E-state index in [1.807, 2.05) is 12.1 Å². The van der Waals surface area contributed by atoms with Crippen LogP contribution in [0.3, 0.4) is 0 Å². The summed E-state index contributed by atoms with van der Waals surface area (Å²) < 4.78 is 19.1. The van der Waals surface area contributed by atoms with E-state index in [1.165, 1.54) is 12.1 Å². The zero-order valence-corrected chi connectivity index (χ0v) is 13.3. The number of ether oxygens (including phenoxy) is 1. The van der Waals surface area contributed by atoms with Crippen LogP contribution in [-0.2, 0) is 0 Å². The second kappa shape index (κ2) is 6.54. The third-order valence-electron chi connectivity index (χ3n) is 3.48. The highest BCUT2D eigenvalue weighted by molar-refractivity contribution is 5.63. The number of hydrogen-bond donors (Lipinski definition) is 2. The van der Waals surface area contributed by atoms with Crippen LogP contribution in [0.1, 0.15) is 5.56 Å². The predicted octanol–water partition coefficient (Wildman–Crippen LogP) is 3.64. The summed E-state index contributed by atoms with van der Waals surface area (Å²) in [7, 11) is 1.57. The topological polar surface area (TPSA) is 67.0 Å². The number of nitrogens with one attached hydrogen (secondary N) is 2. The predicted molar refractivity (Wildman–Crippen MR) is 91.3 cm³/mol. The highest BCUT2D eigenvalue weighted by Gasteiger charge is 2.08. The Morgan fingerprint density at radius 2 is 2.00 bits per heavy atom. The van der Waals surface area contributed by atoms with E-state index in [2.05, 4.69) is 15.3 Å². The number of aromatic nitrogens is 2. The van der Waals surface area contributed by atoms with Crippen molar-refractivity contribution in [3.8, 4) is 17.0 Å². The van der Waals surface area contributed by atoms with Crippen molar-refractivity contribution in [1.29, 1.82) is 0 Å². The van der Waals surface area contributed by atoms with Crippen LogP contribution >= 0.6 is 0 Å². The van der Waals surface area contributed by atoms with Crippen LogP contribution in [0.15, 0.2) is 53.3 Å². The van der Waals surface area contributed by atoms with E-state index in [1.54, 1.807) is 38.3 Å². The van der Waals surface area contributed by atoms with Gasteiger partial charge in [0.2, 0.25) is 5.95 Å². The molecule has 122 valence electrons. The van der Waals surface area contributed by atoms with Gasteiger partial charge in [0, 0.05) is 11.6 Å². The Morgan fingerprint density at radius 3 is 2.75 bits per heavy atom. The van der Waals surface area contributed by atoms with Crippen molar-refractivity contribution in [3.05, 3.63) is 70.3 Å². The first-order valence-electron chi connectivity index (χ1n) is 7.34.